The van der Waals surface area contributed by atoms with Crippen molar-refractivity contribution in [3.05, 3.63) is 94.8 Å². The second kappa shape index (κ2) is 12.8. The number of nitrogens with two attached hydrogens (primary N) is 1. The Balaban J connectivity index is 1.33. The molecular weight excluding hydrogens is 535 g/mol. The zero-order valence-corrected chi connectivity index (χ0v) is 23.2. The molecule has 42 heavy (non-hydrogen) atoms. The molecule has 2 aliphatic rings. The lowest BCUT2D eigenvalue weighted by atomic mass is 9.91. The van der Waals surface area contributed by atoms with Crippen LogP contribution < -0.4 is 21.3 Å². The highest BCUT2D eigenvalue weighted by molar-refractivity contribution is 6.07. The van der Waals surface area contributed by atoms with Gasteiger partial charge in [-0.05, 0) is 92.4 Å². The first-order valence-electron chi connectivity index (χ1n) is 14.1. The number of carbonyl (C=O) groups is 3. The number of amides is 3. The molecule has 1 heterocycles. The lowest BCUT2D eigenvalue weighted by Gasteiger charge is -2.37. The molecule has 1 saturated heterocycles. The van der Waals surface area contributed by atoms with Gasteiger partial charge in [0.05, 0.1) is 23.0 Å². The number of hydrogen-bond acceptors (Lipinski definition) is 6. The summed E-state index contributed by atoms with van der Waals surface area (Å²) in [6.45, 7) is 1.93. The SMILES string of the molecule is N#Cc1ccc(C(=O)N2CCN(c3ccc(C(=O)NC4CCC(N)CC4)cc3NC(=O)c3ccc(F)cc3)CC2)cc1. The van der Waals surface area contributed by atoms with Gasteiger partial charge in [-0.1, -0.05) is 0 Å². The lowest BCUT2D eigenvalue weighted by molar-refractivity contribution is 0.0746. The molecule has 3 amide bonds. The van der Waals surface area contributed by atoms with Gasteiger partial charge in [0.15, 0.2) is 0 Å². The van der Waals surface area contributed by atoms with E-state index in [1.807, 2.05) is 6.07 Å². The average Bonchev–Trinajstić information content (AvgIpc) is 3.02. The molecule has 10 heteroatoms. The van der Waals surface area contributed by atoms with E-state index in [2.05, 4.69) is 21.6 Å². The van der Waals surface area contributed by atoms with Crippen LogP contribution in [0, 0.1) is 17.1 Å². The van der Waals surface area contributed by atoms with E-state index in [1.54, 1.807) is 41.3 Å². The molecule has 0 aromatic heterocycles. The molecule has 1 aliphatic carbocycles. The number of anilines is 2. The monoisotopic (exact) mass is 568 g/mol. The van der Waals surface area contributed by atoms with Crippen LogP contribution in [-0.2, 0) is 0 Å². The summed E-state index contributed by atoms with van der Waals surface area (Å²) in [5.74, 6) is -1.20. The lowest BCUT2D eigenvalue weighted by Crippen LogP contribution is -2.49. The summed E-state index contributed by atoms with van der Waals surface area (Å²) in [7, 11) is 0. The van der Waals surface area contributed by atoms with Crippen LogP contribution in [0.25, 0.3) is 0 Å². The molecule has 9 nitrogen and oxygen atoms in total. The molecule has 4 N–H and O–H groups in total. The molecule has 0 unspecified atom stereocenters. The number of rotatable bonds is 6. The fourth-order valence-electron chi connectivity index (χ4n) is 5.40. The summed E-state index contributed by atoms with van der Waals surface area (Å²) >= 11 is 0. The van der Waals surface area contributed by atoms with Crippen molar-refractivity contribution in [2.24, 2.45) is 5.73 Å². The highest BCUT2D eigenvalue weighted by Crippen LogP contribution is 2.30. The standard InChI is InChI=1S/C32H33FN6O3/c33-25-8-5-22(6-9-25)30(40)37-28-19-24(31(41)36-27-12-10-26(35)11-13-27)7-14-29(28)38-15-17-39(18-16-38)32(42)23-3-1-21(20-34)2-4-23/h1-9,14,19,26-27H,10-13,15-18,35H2,(H,36,41)(H,37,40). The molecule has 0 bridgehead atoms. The quantitative estimate of drug-likeness (QED) is 0.413. The predicted molar refractivity (Wildman–Crippen MR) is 158 cm³/mol. The second-order valence-corrected chi connectivity index (χ2v) is 10.7. The third-order valence-corrected chi connectivity index (χ3v) is 7.89. The molecule has 216 valence electrons. The van der Waals surface area contributed by atoms with Crippen LogP contribution in [0.15, 0.2) is 66.7 Å². The Morgan fingerprint density at radius 1 is 0.810 bits per heavy atom. The van der Waals surface area contributed by atoms with Gasteiger partial charge in [-0.3, -0.25) is 14.4 Å². The van der Waals surface area contributed by atoms with Gasteiger partial charge in [0.2, 0.25) is 0 Å². The van der Waals surface area contributed by atoms with Crippen molar-refractivity contribution < 1.29 is 18.8 Å². The van der Waals surface area contributed by atoms with Crippen molar-refractivity contribution in [3.63, 3.8) is 0 Å². The van der Waals surface area contributed by atoms with E-state index in [-0.39, 0.29) is 29.5 Å². The Hall–Kier alpha value is -4.75. The molecular formula is C32H33FN6O3. The minimum absolute atomic E-state index is 0.0518. The largest absolute Gasteiger partial charge is 0.366 e. The number of nitrogens with one attached hydrogen (secondary N) is 2. The van der Waals surface area contributed by atoms with Crippen LogP contribution >= 0.6 is 0 Å². The molecule has 0 atom stereocenters. The zero-order chi connectivity index (χ0) is 29.6. The third kappa shape index (κ3) is 6.75. The third-order valence-electron chi connectivity index (χ3n) is 7.89. The fourth-order valence-corrected chi connectivity index (χ4v) is 5.40. The summed E-state index contributed by atoms with van der Waals surface area (Å²) in [4.78, 5) is 43.1. The van der Waals surface area contributed by atoms with E-state index < -0.39 is 11.7 Å². The first-order chi connectivity index (χ1) is 20.3. The van der Waals surface area contributed by atoms with Crippen LogP contribution in [-0.4, -0.2) is 60.9 Å². The molecule has 0 radical (unpaired) electrons. The number of nitriles is 1. The van der Waals surface area contributed by atoms with Gasteiger partial charge in [-0.2, -0.15) is 5.26 Å². The summed E-state index contributed by atoms with van der Waals surface area (Å²) in [6.07, 6.45) is 3.38. The first kappa shape index (κ1) is 28.8. The Labute approximate surface area is 244 Å². The molecule has 3 aromatic rings. The molecule has 3 aromatic carbocycles. The maximum absolute atomic E-state index is 13.4. The summed E-state index contributed by atoms with van der Waals surface area (Å²) in [5, 5.41) is 15.0. The molecule has 2 fully saturated rings. The highest BCUT2D eigenvalue weighted by atomic mass is 19.1. The molecule has 1 aliphatic heterocycles. The van der Waals surface area contributed by atoms with E-state index in [9.17, 15) is 18.8 Å². The Morgan fingerprint density at radius 2 is 1.43 bits per heavy atom. The van der Waals surface area contributed by atoms with Gasteiger partial charge in [0, 0.05) is 55.0 Å². The van der Waals surface area contributed by atoms with Crippen molar-refractivity contribution in [1.82, 2.24) is 10.2 Å². The van der Waals surface area contributed by atoms with E-state index >= 15 is 0 Å². The topological polar surface area (TPSA) is 132 Å². The minimum Gasteiger partial charge on any atom is -0.366 e. The smallest absolute Gasteiger partial charge is 0.255 e. The van der Waals surface area contributed by atoms with Gasteiger partial charge >= 0.3 is 0 Å². The van der Waals surface area contributed by atoms with Gasteiger partial charge in [0.1, 0.15) is 5.82 Å². The number of nitrogens with zero attached hydrogens (tertiary/aromatic N) is 3. The summed E-state index contributed by atoms with van der Waals surface area (Å²) < 4.78 is 13.4. The van der Waals surface area contributed by atoms with Crippen LogP contribution in [0.1, 0.15) is 62.3 Å². The number of carbonyl (C=O) groups excluding carboxylic acids is 3. The molecule has 1 saturated carbocycles. The van der Waals surface area contributed by atoms with Crippen LogP contribution in [0.3, 0.4) is 0 Å². The summed E-state index contributed by atoms with van der Waals surface area (Å²) in [5.41, 5.74) is 8.89. The van der Waals surface area contributed by atoms with E-state index in [4.69, 9.17) is 11.0 Å². The van der Waals surface area contributed by atoms with Crippen molar-refractivity contribution >= 4 is 29.1 Å². The van der Waals surface area contributed by atoms with Crippen LogP contribution in [0.5, 0.6) is 0 Å². The van der Waals surface area contributed by atoms with Crippen molar-refractivity contribution in [2.45, 2.75) is 37.8 Å². The van der Waals surface area contributed by atoms with E-state index in [1.165, 1.54) is 24.3 Å². The van der Waals surface area contributed by atoms with Gasteiger partial charge in [0.25, 0.3) is 17.7 Å². The van der Waals surface area contributed by atoms with Gasteiger partial charge in [-0.25, -0.2) is 4.39 Å². The summed E-state index contributed by atoms with van der Waals surface area (Å²) in [6, 6.07) is 19.3. The first-order valence-corrected chi connectivity index (χ1v) is 14.1. The number of hydrogen-bond donors (Lipinski definition) is 3. The van der Waals surface area contributed by atoms with Crippen molar-refractivity contribution in [3.8, 4) is 6.07 Å². The normalized spacial score (nSPS) is 18.6. The number of halogens is 1. The van der Waals surface area contributed by atoms with Crippen molar-refractivity contribution in [2.75, 3.05) is 36.4 Å². The Bertz CT molecular complexity index is 1490. The Kier molecular flexibility index (Phi) is 8.79. The van der Waals surface area contributed by atoms with Crippen LogP contribution in [0.4, 0.5) is 15.8 Å². The fraction of sp³-hybridized carbons (Fsp3) is 0.312. The molecule has 5 rings (SSSR count). The zero-order valence-electron chi connectivity index (χ0n) is 23.2. The van der Waals surface area contributed by atoms with Gasteiger partial charge in [-0.15, -0.1) is 0 Å². The molecule has 0 spiro atoms. The highest BCUT2D eigenvalue weighted by Gasteiger charge is 2.26. The average molecular weight is 569 g/mol. The second-order valence-electron chi connectivity index (χ2n) is 10.7. The number of piperazine rings is 1. The maximum atomic E-state index is 13.4. The van der Waals surface area contributed by atoms with Crippen molar-refractivity contribution in [1.29, 1.82) is 5.26 Å². The predicted octanol–water partition coefficient (Wildman–Crippen LogP) is 3.91. The minimum atomic E-state index is -0.442. The van der Waals surface area contributed by atoms with Crippen LogP contribution in [0.2, 0.25) is 0 Å². The number of benzene rings is 3. The van der Waals surface area contributed by atoms with E-state index in [0.29, 0.717) is 48.6 Å². The Morgan fingerprint density at radius 3 is 2.07 bits per heavy atom. The van der Waals surface area contributed by atoms with Gasteiger partial charge < -0.3 is 26.2 Å². The van der Waals surface area contributed by atoms with E-state index in [0.717, 1.165) is 31.4 Å². The maximum Gasteiger partial charge on any atom is 0.255 e.